The first kappa shape index (κ1) is 50.9. The Morgan fingerprint density at radius 2 is 0.935 bits per heavy atom. The molecule has 0 N–H and O–H groups in total. The van der Waals surface area contributed by atoms with Crippen molar-refractivity contribution in [1.82, 2.24) is 13.7 Å². The molecule has 0 amide bonds. The monoisotopic (exact) mass is 878 g/mol. The molecule has 0 spiro atoms. The normalized spacial score (nSPS) is 13.9. The number of aryl methyl sites for hydroxylation is 1. The van der Waals surface area contributed by atoms with Gasteiger partial charge in [0, 0.05) is 26.2 Å². The highest BCUT2D eigenvalue weighted by Crippen LogP contribution is 2.63. The molecule has 2 aromatic heterocycles. The summed E-state index contributed by atoms with van der Waals surface area (Å²) in [5.74, 6) is 0.984. The third kappa shape index (κ3) is 9.66. The summed E-state index contributed by atoms with van der Waals surface area (Å²) in [6.07, 6.45) is 4.29. The van der Waals surface area contributed by atoms with Crippen LogP contribution in [0.1, 0.15) is 181 Å². The summed E-state index contributed by atoms with van der Waals surface area (Å²) in [6.45, 7) is 44.9. The summed E-state index contributed by atoms with van der Waals surface area (Å²) in [6, 6.07) is 23.6. The van der Waals surface area contributed by atoms with Gasteiger partial charge in [-0.1, -0.05) is 190 Å². The van der Waals surface area contributed by atoms with E-state index in [1.807, 2.05) is 32.3 Å². The second-order valence-electron chi connectivity index (χ2n) is 22.0. The van der Waals surface area contributed by atoms with Crippen molar-refractivity contribution in [3.8, 4) is 11.4 Å². The Kier molecular flexibility index (Phi) is 15.4. The van der Waals surface area contributed by atoms with Gasteiger partial charge in [0.25, 0.3) is 5.45 Å². The molecule has 0 radical (unpaired) electrons. The lowest BCUT2D eigenvalue weighted by Crippen LogP contribution is -2.79. The van der Waals surface area contributed by atoms with E-state index in [1.165, 1.54) is 27.8 Å². The summed E-state index contributed by atoms with van der Waals surface area (Å²) in [5, 5.41) is -0.882. The maximum absolute atomic E-state index is 17.1. The Bertz CT molecular complexity index is 2180. The lowest BCUT2D eigenvalue weighted by molar-refractivity contribution is -0.662. The van der Waals surface area contributed by atoms with Crippen molar-refractivity contribution in [3.63, 3.8) is 0 Å². The average Bonchev–Trinajstić information content (AvgIpc) is 3.64. The molecule has 62 heavy (non-hydrogen) atoms. The van der Waals surface area contributed by atoms with E-state index in [-0.39, 0.29) is 38.8 Å². The summed E-state index contributed by atoms with van der Waals surface area (Å²) in [4.78, 5) is 17.1. The molecule has 0 saturated heterocycles. The Hall–Kier alpha value is -3.77. The van der Waals surface area contributed by atoms with Gasteiger partial charge in [0.1, 0.15) is 11.4 Å². The first-order valence-corrected chi connectivity index (χ1v) is 26.7. The molecule has 0 bridgehead atoms. The third-order valence-electron chi connectivity index (χ3n) is 13.1. The lowest BCUT2D eigenvalue weighted by Gasteiger charge is -2.61. The van der Waals surface area contributed by atoms with Crippen molar-refractivity contribution < 1.29 is 13.5 Å². The van der Waals surface area contributed by atoms with E-state index in [4.69, 9.17) is 8.77 Å². The highest BCUT2D eigenvalue weighted by atomic mass is 28.4. The number of rotatable bonds is 10. The van der Waals surface area contributed by atoms with Crippen molar-refractivity contribution in [1.29, 1.82) is 0 Å². The Balaban J connectivity index is 0.00000109. The fraction of sp³-hybridized carbons (Fsp3) is 0.547. The molecule has 0 unspecified atom stereocenters. The molecule has 9 heteroatoms. The second kappa shape index (κ2) is 18.8. The van der Waals surface area contributed by atoms with E-state index in [2.05, 4.69) is 218 Å². The standard InChI is InChI=1S/C46H75N5O2Si2.C7H8/c1-30(2)36-24-22-25-37(31(3)4)40(36)50-28-29-51(41-38(32(5)6)26-23-27-39(41)33(7)8)42(50)47-54(52,43-48(20)34(9)35(10)49(43)21)53-55(44(11,12)13,45(14,15)16)46(17,18)19;1-7-5-3-2-4-6-7/h22-33H,1-21H3;2-6H,1H3/t54-;/m0./s1. The van der Waals surface area contributed by atoms with Crippen LogP contribution in [0.2, 0.25) is 15.1 Å². The first-order valence-electron chi connectivity index (χ1n) is 23.0. The predicted molar refractivity (Wildman–Crippen MR) is 266 cm³/mol. The van der Waals surface area contributed by atoms with E-state index in [0.29, 0.717) is 11.1 Å². The van der Waals surface area contributed by atoms with Gasteiger partial charge in [-0.2, -0.15) is 0 Å². The number of para-hydroxylation sites is 2. The molecule has 0 fully saturated rings. The van der Waals surface area contributed by atoms with Crippen LogP contribution in [0, 0.1) is 20.8 Å². The molecule has 1 atom stereocenters. The first-order chi connectivity index (χ1) is 28.4. The topological polar surface area (TPSA) is 63.3 Å². The fourth-order valence-electron chi connectivity index (χ4n) is 10.7. The molecule has 2 heterocycles. The van der Waals surface area contributed by atoms with Gasteiger partial charge in [-0.3, -0.25) is 13.8 Å². The summed E-state index contributed by atoms with van der Waals surface area (Å²) in [7, 11) is -3.64. The van der Waals surface area contributed by atoms with Gasteiger partial charge in [0.2, 0.25) is 5.62 Å². The fourth-order valence-corrected chi connectivity index (χ4v) is 25.1. The molecule has 0 aliphatic rings. The smallest absolute Gasteiger partial charge is 0.356 e. The van der Waals surface area contributed by atoms with Crippen LogP contribution in [-0.4, -0.2) is 30.7 Å². The predicted octanol–water partition coefficient (Wildman–Crippen LogP) is 12.0. The maximum Gasteiger partial charge on any atom is 0.356 e. The van der Waals surface area contributed by atoms with Crippen LogP contribution in [0.3, 0.4) is 0 Å². The van der Waals surface area contributed by atoms with Crippen molar-refractivity contribution in [3.05, 3.63) is 124 Å². The molecule has 0 saturated carbocycles. The lowest BCUT2D eigenvalue weighted by atomic mass is 9.92. The number of imidazole rings is 2. The number of hydrogen-bond acceptors (Lipinski definition) is 3. The largest absolute Gasteiger partial charge is 0.812 e. The molecule has 5 aromatic rings. The van der Waals surface area contributed by atoms with Crippen LogP contribution < -0.4 is 20.4 Å². The Morgan fingerprint density at radius 3 is 1.19 bits per heavy atom. The van der Waals surface area contributed by atoms with E-state index in [9.17, 15) is 0 Å². The summed E-state index contributed by atoms with van der Waals surface area (Å²) < 4.78 is 22.3. The van der Waals surface area contributed by atoms with Crippen LogP contribution in [0.5, 0.6) is 0 Å². The summed E-state index contributed by atoms with van der Waals surface area (Å²) >= 11 is 0. The number of benzene rings is 3. The van der Waals surface area contributed by atoms with Gasteiger partial charge in [0.15, 0.2) is 8.32 Å². The number of aromatic nitrogens is 4. The maximum atomic E-state index is 17.1. The minimum Gasteiger partial charge on any atom is -0.812 e. The third-order valence-corrected chi connectivity index (χ3v) is 23.5. The van der Waals surface area contributed by atoms with Gasteiger partial charge in [-0.05, 0) is 68.0 Å². The van der Waals surface area contributed by atoms with E-state index >= 15 is 4.80 Å². The minimum atomic E-state index is -4.58. The molecule has 7 nitrogen and oxygen atoms in total. The van der Waals surface area contributed by atoms with Crippen molar-refractivity contribution >= 4 is 22.5 Å². The van der Waals surface area contributed by atoms with Crippen molar-refractivity contribution in [2.24, 2.45) is 18.8 Å². The molecular formula is C53H83N5O2Si2. The van der Waals surface area contributed by atoms with Crippen LogP contribution in [0.15, 0.2) is 83.8 Å². The van der Waals surface area contributed by atoms with Gasteiger partial charge >= 0.3 is 8.72 Å². The van der Waals surface area contributed by atoms with E-state index < -0.39 is 17.0 Å². The zero-order valence-electron chi connectivity index (χ0n) is 42.9. The van der Waals surface area contributed by atoms with Crippen LogP contribution >= 0.6 is 0 Å². The van der Waals surface area contributed by atoms with Crippen molar-refractivity contribution in [2.45, 2.75) is 177 Å². The molecule has 3 aromatic carbocycles. The van der Waals surface area contributed by atoms with E-state index in [1.54, 1.807) is 0 Å². The van der Waals surface area contributed by atoms with Gasteiger partial charge in [-0.15, -0.1) is 0 Å². The van der Waals surface area contributed by atoms with Gasteiger partial charge in [-0.25, -0.2) is 9.13 Å². The zero-order chi connectivity index (χ0) is 47.1. The van der Waals surface area contributed by atoms with Crippen molar-refractivity contribution in [2.75, 3.05) is 0 Å². The molecular weight excluding hydrogens is 795 g/mol. The molecule has 340 valence electrons. The van der Waals surface area contributed by atoms with E-state index in [0.717, 1.165) is 22.8 Å². The second-order valence-corrected chi connectivity index (χ2v) is 30.5. The molecule has 5 rings (SSSR count). The average molecular weight is 878 g/mol. The van der Waals surface area contributed by atoms with Crippen LogP contribution in [-0.2, 0) is 18.2 Å². The van der Waals surface area contributed by atoms with Crippen LogP contribution in [0.25, 0.3) is 11.4 Å². The highest BCUT2D eigenvalue weighted by Gasteiger charge is 2.65. The minimum absolute atomic E-state index is 0.246. The van der Waals surface area contributed by atoms with Gasteiger partial charge in [0.05, 0.1) is 25.5 Å². The summed E-state index contributed by atoms with van der Waals surface area (Å²) in [5.41, 5.74) is 11.8. The molecule has 0 aliphatic heterocycles. The quantitative estimate of drug-likeness (QED) is 0.104. The van der Waals surface area contributed by atoms with Crippen LogP contribution in [0.4, 0.5) is 0 Å². The number of hydrogen-bond donors (Lipinski definition) is 0. The zero-order valence-corrected chi connectivity index (χ0v) is 44.9. The highest BCUT2D eigenvalue weighted by molar-refractivity contribution is 6.91. The SMILES string of the molecule is Cc1c(C)[n+](C)c([Si@@]([O-])(N=c2n(-c3c(C(C)C)cccc3C(C)C)ccn2-c2c(C(C)C)cccc2C(C)C)O[Si](C(C)(C)C)(C(C)(C)C)C(C)(C)C)n1C.Cc1ccccc1. The van der Waals surface area contributed by atoms with Gasteiger partial charge < -0.3 is 8.91 Å². The number of nitrogens with zero attached hydrogens (tertiary/aromatic N) is 5. The molecule has 0 aliphatic carbocycles. The Labute approximate surface area is 379 Å². The Morgan fingerprint density at radius 1 is 0.581 bits per heavy atom.